The van der Waals surface area contributed by atoms with Crippen molar-refractivity contribution in [3.8, 4) is 6.07 Å². The van der Waals surface area contributed by atoms with Gasteiger partial charge in [-0.25, -0.2) is 9.18 Å². The summed E-state index contributed by atoms with van der Waals surface area (Å²) >= 11 is 0. The molecule has 2 amide bonds. The highest BCUT2D eigenvalue weighted by Gasteiger charge is 2.25. The van der Waals surface area contributed by atoms with E-state index in [1.165, 1.54) is 0 Å². The summed E-state index contributed by atoms with van der Waals surface area (Å²) in [6, 6.07) is 1.74. The van der Waals surface area contributed by atoms with Gasteiger partial charge in [0.1, 0.15) is 6.67 Å². The van der Waals surface area contributed by atoms with Gasteiger partial charge in [-0.3, -0.25) is 0 Å². The molecule has 1 aliphatic carbocycles. The Kier molecular flexibility index (Phi) is 4.88. The normalized spacial score (nSPS) is 25.3. The summed E-state index contributed by atoms with van der Waals surface area (Å²) in [7, 11) is 0. The van der Waals surface area contributed by atoms with E-state index in [9.17, 15) is 9.18 Å². The number of carbonyl (C=O) groups excluding carboxylic acids is 1. The van der Waals surface area contributed by atoms with Crippen LogP contribution in [-0.2, 0) is 0 Å². The lowest BCUT2D eigenvalue weighted by atomic mass is 9.85. The van der Waals surface area contributed by atoms with E-state index in [2.05, 4.69) is 16.7 Å². The number of alkyl halides is 1. The molecule has 2 unspecified atom stereocenters. The van der Waals surface area contributed by atoms with Crippen molar-refractivity contribution >= 4 is 6.03 Å². The summed E-state index contributed by atoms with van der Waals surface area (Å²) in [6.07, 6.45) is 3.75. The molecule has 0 aromatic carbocycles. The highest BCUT2D eigenvalue weighted by Crippen LogP contribution is 2.23. The minimum Gasteiger partial charge on any atom is -0.336 e. The van der Waals surface area contributed by atoms with E-state index in [4.69, 9.17) is 5.26 Å². The van der Waals surface area contributed by atoms with Crippen LogP contribution in [0, 0.1) is 17.2 Å². The number of nitrogens with one attached hydrogen (secondary N) is 2. The van der Waals surface area contributed by atoms with Gasteiger partial charge in [0.2, 0.25) is 0 Å². The first kappa shape index (κ1) is 11.8. The van der Waals surface area contributed by atoms with E-state index in [1.807, 2.05) is 0 Å². The van der Waals surface area contributed by atoms with Gasteiger partial charge < -0.3 is 10.6 Å². The Morgan fingerprint density at radius 1 is 1.47 bits per heavy atom. The van der Waals surface area contributed by atoms with Crippen LogP contribution in [0.1, 0.15) is 25.7 Å². The van der Waals surface area contributed by atoms with Crippen LogP contribution in [0.15, 0.2) is 0 Å². The van der Waals surface area contributed by atoms with Gasteiger partial charge in [-0.05, 0) is 12.8 Å². The summed E-state index contributed by atoms with van der Waals surface area (Å²) in [5, 5.41) is 14.0. The summed E-state index contributed by atoms with van der Waals surface area (Å²) in [4.78, 5) is 11.2. The van der Waals surface area contributed by atoms with Crippen molar-refractivity contribution in [2.75, 3.05) is 13.2 Å². The molecular formula is C10H16FN3O. The third kappa shape index (κ3) is 3.74. The van der Waals surface area contributed by atoms with Crippen LogP contribution < -0.4 is 10.6 Å². The van der Waals surface area contributed by atoms with E-state index in [-0.39, 0.29) is 24.5 Å². The highest BCUT2D eigenvalue weighted by atomic mass is 19.1. The molecule has 0 radical (unpaired) electrons. The molecule has 2 N–H and O–H groups in total. The Balaban J connectivity index is 2.35. The Hall–Kier alpha value is -1.31. The van der Waals surface area contributed by atoms with Gasteiger partial charge in [0.05, 0.1) is 12.0 Å². The quantitative estimate of drug-likeness (QED) is 0.743. The van der Waals surface area contributed by atoms with Gasteiger partial charge in [0, 0.05) is 12.6 Å². The molecule has 1 fully saturated rings. The lowest BCUT2D eigenvalue weighted by molar-refractivity contribution is 0.226. The molecule has 0 spiro atoms. The largest absolute Gasteiger partial charge is 0.336 e. The fourth-order valence-electron chi connectivity index (χ4n) is 1.84. The number of rotatable bonds is 3. The van der Waals surface area contributed by atoms with Crippen molar-refractivity contribution in [3.05, 3.63) is 0 Å². The molecule has 4 nitrogen and oxygen atoms in total. The zero-order valence-electron chi connectivity index (χ0n) is 8.63. The molecule has 5 heteroatoms. The molecule has 0 heterocycles. The number of carbonyl (C=O) groups is 1. The number of halogens is 1. The Morgan fingerprint density at radius 2 is 2.20 bits per heavy atom. The van der Waals surface area contributed by atoms with Crippen LogP contribution in [0.5, 0.6) is 0 Å². The molecule has 0 saturated heterocycles. The van der Waals surface area contributed by atoms with Crippen LogP contribution in [0.25, 0.3) is 0 Å². The Bertz CT molecular complexity index is 252. The SMILES string of the molecule is N#CC1CCCCC1NC(=O)NCCF. The minimum absolute atomic E-state index is 0.0236. The third-order valence-corrected chi connectivity index (χ3v) is 2.63. The maximum atomic E-state index is 11.8. The van der Waals surface area contributed by atoms with Crippen LogP contribution >= 0.6 is 0 Å². The first-order valence-corrected chi connectivity index (χ1v) is 5.28. The van der Waals surface area contributed by atoms with E-state index >= 15 is 0 Å². The first-order chi connectivity index (χ1) is 7.27. The molecule has 0 aromatic heterocycles. The van der Waals surface area contributed by atoms with Gasteiger partial charge in [-0.15, -0.1) is 0 Å². The number of nitrogens with zero attached hydrogens (tertiary/aromatic N) is 1. The van der Waals surface area contributed by atoms with Crippen molar-refractivity contribution in [2.45, 2.75) is 31.7 Å². The van der Waals surface area contributed by atoms with Crippen molar-refractivity contribution < 1.29 is 9.18 Å². The average molecular weight is 213 g/mol. The minimum atomic E-state index is -0.570. The van der Waals surface area contributed by atoms with Crippen molar-refractivity contribution in [3.63, 3.8) is 0 Å². The van der Waals surface area contributed by atoms with E-state index < -0.39 is 6.67 Å². The van der Waals surface area contributed by atoms with Crippen molar-refractivity contribution in [1.29, 1.82) is 5.26 Å². The predicted octanol–water partition coefficient (Wildman–Crippen LogP) is 1.34. The molecule has 0 aromatic rings. The van der Waals surface area contributed by atoms with Crippen molar-refractivity contribution in [2.24, 2.45) is 5.92 Å². The standard InChI is InChI=1S/C10H16FN3O/c11-5-6-13-10(15)14-9-4-2-1-3-8(9)7-12/h8-9H,1-6H2,(H2,13,14,15). The summed E-state index contributed by atoms with van der Waals surface area (Å²) in [6.45, 7) is -0.546. The van der Waals surface area contributed by atoms with Crippen LogP contribution in [0.2, 0.25) is 0 Å². The topological polar surface area (TPSA) is 64.9 Å². The zero-order chi connectivity index (χ0) is 11.1. The van der Waals surface area contributed by atoms with Crippen LogP contribution in [0.3, 0.4) is 0 Å². The van der Waals surface area contributed by atoms with Gasteiger partial charge in [-0.1, -0.05) is 12.8 Å². The molecule has 15 heavy (non-hydrogen) atoms. The second kappa shape index (κ2) is 6.23. The summed E-state index contributed by atoms with van der Waals surface area (Å²) in [5.41, 5.74) is 0. The Morgan fingerprint density at radius 3 is 2.87 bits per heavy atom. The molecule has 0 bridgehead atoms. The summed E-state index contributed by atoms with van der Waals surface area (Å²) < 4.78 is 11.8. The number of urea groups is 1. The van der Waals surface area contributed by atoms with Gasteiger partial charge in [-0.2, -0.15) is 5.26 Å². The Labute approximate surface area is 88.8 Å². The molecular weight excluding hydrogens is 197 g/mol. The fourth-order valence-corrected chi connectivity index (χ4v) is 1.84. The number of hydrogen-bond donors (Lipinski definition) is 2. The van der Waals surface area contributed by atoms with E-state index in [0.29, 0.717) is 0 Å². The molecule has 2 atom stereocenters. The lowest BCUT2D eigenvalue weighted by Gasteiger charge is -2.27. The second-order valence-corrected chi connectivity index (χ2v) is 3.72. The van der Waals surface area contributed by atoms with Gasteiger partial charge in [0.15, 0.2) is 0 Å². The second-order valence-electron chi connectivity index (χ2n) is 3.72. The van der Waals surface area contributed by atoms with Crippen LogP contribution in [0.4, 0.5) is 9.18 Å². The monoisotopic (exact) mass is 213 g/mol. The lowest BCUT2D eigenvalue weighted by Crippen LogP contribution is -2.46. The number of amides is 2. The molecule has 84 valence electrons. The maximum absolute atomic E-state index is 11.8. The number of hydrogen-bond acceptors (Lipinski definition) is 2. The number of nitriles is 1. The van der Waals surface area contributed by atoms with Crippen LogP contribution in [-0.4, -0.2) is 25.3 Å². The highest BCUT2D eigenvalue weighted by molar-refractivity contribution is 5.74. The fraction of sp³-hybridized carbons (Fsp3) is 0.800. The van der Waals surface area contributed by atoms with E-state index in [1.54, 1.807) is 0 Å². The smallest absolute Gasteiger partial charge is 0.315 e. The predicted molar refractivity (Wildman–Crippen MR) is 53.9 cm³/mol. The first-order valence-electron chi connectivity index (χ1n) is 5.28. The van der Waals surface area contributed by atoms with Crippen molar-refractivity contribution in [1.82, 2.24) is 10.6 Å². The summed E-state index contributed by atoms with van der Waals surface area (Å²) in [5.74, 6) is -0.102. The average Bonchev–Trinajstić information content (AvgIpc) is 2.27. The van der Waals surface area contributed by atoms with Gasteiger partial charge in [0.25, 0.3) is 0 Å². The van der Waals surface area contributed by atoms with E-state index in [0.717, 1.165) is 25.7 Å². The maximum Gasteiger partial charge on any atom is 0.315 e. The molecule has 0 aliphatic heterocycles. The molecule has 1 aliphatic rings. The van der Waals surface area contributed by atoms with Gasteiger partial charge >= 0.3 is 6.03 Å². The third-order valence-electron chi connectivity index (χ3n) is 2.63. The molecule has 1 saturated carbocycles. The zero-order valence-corrected chi connectivity index (χ0v) is 8.63. The molecule has 1 rings (SSSR count).